The van der Waals surface area contributed by atoms with Crippen molar-refractivity contribution in [2.45, 2.75) is 26.3 Å². The van der Waals surface area contributed by atoms with Gasteiger partial charge in [-0.15, -0.1) is 11.3 Å². The molecule has 1 N–H and O–H groups in total. The molecule has 1 saturated heterocycles. The summed E-state index contributed by atoms with van der Waals surface area (Å²) in [5, 5.41) is 5.79. The van der Waals surface area contributed by atoms with Crippen LogP contribution in [0.4, 0.5) is 0 Å². The Bertz CT molecular complexity index is 582. The Balaban J connectivity index is 1.97. The van der Waals surface area contributed by atoms with Gasteiger partial charge in [0.15, 0.2) is 0 Å². The van der Waals surface area contributed by atoms with E-state index >= 15 is 0 Å². The molecule has 1 unspecified atom stereocenters. The molecule has 0 saturated carbocycles. The molecule has 0 aliphatic carbocycles. The Morgan fingerprint density at radius 3 is 2.76 bits per heavy atom. The molecule has 2 heterocycles. The third-order valence-electron chi connectivity index (χ3n) is 4.12. The molecule has 112 valence electrons. The van der Waals surface area contributed by atoms with E-state index in [-0.39, 0.29) is 0 Å². The van der Waals surface area contributed by atoms with Crippen molar-refractivity contribution in [3.05, 3.63) is 57.3 Å². The minimum absolute atomic E-state index is 0.406. The SMILES string of the molecule is Cc1cccc(C(c2cc(C)cs2)N2CCCNCC2)c1. The van der Waals surface area contributed by atoms with Crippen LogP contribution in [0, 0.1) is 13.8 Å². The molecule has 1 aliphatic rings. The van der Waals surface area contributed by atoms with Crippen LogP contribution >= 0.6 is 11.3 Å². The van der Waals surface area contributed by atoms with E-state index in [9.17, 15) is 0 Å². The number of aryl methyl sites for hydroxylation is 2. The van der Waals surface area contributed by atoms with E-state index in [1.54, 1.807) is 0 Å². The Labute approximate surface area is 131 Å². The average molecular weight is 300 g/mol. The first-order valence-corrected chi connectivity index (χ1v) is 8.68. The number of benzene rings is 1. The van der Waals surface area contributed by atoms with Crippen molar-refractivity contribution in [2.75, 3.05) is 26.2 Å². The third kappa shape index (κ3) is 3.54. The molecule has 2 nitrogen and oxygen atoms in total. The fourth-order valence-electron chi connectivity index (χ4n) is 3.12. The first-order valence-electron chi connectivity index (χ1n) is 7.80. The summed E-state index contributed by atoms with van der Waals surface area (Å²) < 4.78 is 0. The summed E-state index contributed by atoms with van der Waals surface area (Å²) in [6.07, 6.45) is 1.23. The van der Waals surface area contributed by atoms with E-state index in [0.29, 0.717) is 6.04 Å². The van der Waals surface area contributed by atoms with Gasteiger partial charge in [0.1, 0.15) is 0 Å². The number of rotatable bonds is 3. The van der Waals surface area contributed by atoms with Crippen LogP contribution in [-0.2, 0) is 0 Å². The van der Waals surface area contributed by atoms with Crippen molar-refractivity contribution in [1.82, 2.24) is 10.2 Å². The molecule has 1 aromatic carbocycles. The van der Waals surface area contributed by atoms with E-state index in [2.05, 4.69) is 59.8 Å². The summed E-state index contributed by atoms with van der Waals surface area (Å²) in [6.45, 7) is 8.90. The molecule has 1 aromatic heterocycles. The number of nitrogens with zero attached hydrogens (tertiary/aromatic N) is 1. The predicted molar refractivity (Wildman–Crippen MR) is 91.1 cm³/mol. The first kappa shape index (κ1) is 14.8. The number of hydrogen-bond acceptors (Lipinski definition) is 3. The quantitative estimate of drug-likeness (QED) is 0.928. The maximum Gasteiger partial charge on any atom is 0.0696 e. The van der Waals surface area contributed by atoms with E-state index in [1.807, 2.05) is 11.3 Å². The predicted octanol–water partition coefficient (Wildman–Crippen LogP) is 3.75. The summed E-state index contributed by atoms with van der Waals surface area (Å²) in [7, 11) is 0. The lowest BCUT2D eigenvalue weighted by Crippen LogP contribution is -2.32. The van der Waals surface area contributed by atoms with Gasteiger partial charge in [0.2, 0.25) is 0 Å². The molecule has 1 atom stereocenters. The summed E-state index contributed by atoms with van der Waals surface area (Å²) in [4.78, 5) is 4.11. The topological polar surface area (TPSA) is 15.3 Å². The summed E-state index contributed by atoms with van der Waals surface area (Å²) in [5.74, 6) is 0. The van der Waals surface area contributed by atoms with Gasteiger partial charge in [-0.3, -0.25) is 4.90 Å². The van der Waals surface area contributed by atoms with E-state index in [4.69, 9.17) is 0 Å². The highest BCUT2D eigenvalue weighted by Crippen LogP contribution is 2.33. The molecule has 3 rings (SSSR count). The van der Waals surface area contributed by atoms with Crippen LogP contribution in [0.1, 0.15) is 34.0 Å². The lowest BCUT2D eigenvalue weighted by Gasteiger charge is -2.30. The standard InChI is InChI=1S/C18H24N2S/c1-14-5-3-6-16(11-14)18(17-12-15(2)13-21-17)20-9-4-7-19-8-10-20/h3,5-6,11-13,18-19H,4,7-10H2,1-2H3. The summed E-state index contributed by atoms with van der Waals surface area (Å²) in [6, 6.07) is 11.8. The molecule has 21 heavy (non-hydrogen) atoms. The Morgan fingerprint density at radius 2 is 2.00 bits per heavy atom. The van der Waals surface area contributed by atoms with Crippen molar-refractivity contribution in [3.8, 4) is 0 Å². The highest BCUT2D eigenvalue weighted by molar-refractivity contribution is 7.10. The van der Waals surface area contributed by atoms with Crippen LogP contribution in [0.5, 0.6) is 0 Å². The van der Waals surface area contributed by atoms with E-state index in [1.165, 1.54) is 34.5 Å². The van der Waals surface area contributed by atoms with Crippen molar-refractivity contribution in [1.29, 1.82) is 0 Å². The largest absolute Gasteiger partial charge is 0.315 e. The summed E-state index contributed by atoms with van der Waals surface area (Å²) in [5.41, 5.74) is 4.15. The van der Waals surface area contributed by atoms with E-state index < -0.39 is 0 Å². The molecule has 1 fully saturated rings. The molecular formula is C18H24N2S. The van der Waals surface area contributed by atoms with Gasteiger partial charge in [-0.05, 0) is 49.4 Å². The van der Waals surface area contributed by atoms with Gasteiger partial charge in [0.25, 0.3) is 0 Å². The second-order valence-electron chi connectivity index (χ2n) is 5.98. The fraction of sp³-hybridized carbons (Fsp3) is 0.444. The zero-order valence-corrected chi connectivity index (χ0v) is 13.7. The molecule has 0 radical (unpaired) electrons. The molecule has 3 heteroatoms. The van der Waals surface area contributed by atoms with E-state index in [0.717, 1.165) is 19.6 Å². The Hall–Kier alpha value is -1.16. The van der Waals surface area contributed by atoms with Gasteiger partial charge in [-0.2, -0.15) is 0 Å². The highest BCUT2D eigenvalue weighted by Gasteiger charge is 2.24. The van der Waals surface area contributed by atoms with Gasteiger partial charge in [-0.25, -0.2) is 0 Å². The molecule has 2 aromatic rings. The van der Waals surface area contributed by atoms with Gasteiger partial charge in [0, 0.05) is 24.5 Å². The zero-order chi connectivity index (χ0) is 14.7. The van der Waals surface area contributed by atoms with Crippen LogP contribution in [-0.4, -0.2) is 31.1 Å². The highest BCUT2D eigenvalue weighted by atomic mass is 32.1. The van der Waals surface area contributed by atoms with Gasteiger partial charge < -0.3 is 5.32 Å². The number of hydrogen-bond donors (Lipinski definition) is 1. The minimum Gasteiger partial charge on any atom is -0.315 e. The van der Waals surface area contributed by atoms with Crippen LogP contribution in [0.2, 0.25) is 0 Å². The maximum atomic E-state index is 3.51. The van der Waals surface area contributed by atoms with Crippen molar-refractivity contribution in [2.24, 2.45) is 0 Å². The molecule has 0 spiro atoms. The van der Waals surface area contributed by atoms with Gasteiger partial charge >= 0.3 is 0 Å². The first-order chi connectivity index (χ1) is 10.2. The molecular weight excluding hydrogens is 276 g/mol. The molecule has 0 amide bonds. The van der Waals surface area contributed by atoms with Gasteiger partial charge in [-0.1, -0.05) is 29.8 Å². The van der Waals surface area contributed by atoms with Crippen molar-refractivity contribution < 1.29 is 0 Å². The summed E-state index contributed by atoms with van der Waals surface area (Å²) >= 11 is 1.90. The lowest BCUT2D eigenvalue weighted by molar-refractivity contribution is 0.244. The molecule has 1 aliphatic heterocycles. The fourth-order valence-corrected chi connectivity index (χ4v) is 4.17. The van der Waals surface area contributed by atoms with Crippen LogP contribution < -0.4 is 5.32 Å². The van der Waals surface area contributed by atoms with Crippen molar-refractivity contribution in [3.63, 3.8) is 0 Å². The third-order valence-corrected chi connectivity index (χ3v) is 5.22. The second-order valence-corrected chi connectivity index (χ2v) is 6.93. The van der Waals surface area contributed by atoms with Crippen LogP contribution in [0.25, 0.3) is 0 Å². The zero-order valence-electron chi connectivity index (χ0n) is 12.9. The maximum absolute atomic E-state index is 3.51. The second kappa shape index (κ2) is 6.73. The van der Waals surface area contributed by atoms with Crippen molar-refractivity contribution >= 4 is 11.3 Å². The normalized spacial score (nSPS) is 18.4. The minimum atomic E-state index is 0.406. The average Bonchev–Trinajstić information content (AvgIpc) is 2.73. The Morgan fingerprint density at radius 1 is 1.10 bits per heavy atom. The van der Waals surface area contributed by atoms with Gasteiger partial charge in [0.05, 0.1) is 6.04 Å². The monoisotopic (exact) mass is 300 g/mol. The van der Waals surface area contributed by atoms with Crippen LogP contribution in [0.3, 0.4) is 0 Å². The Kier molecular flexibility index (Phi) is 4.73. The number of nitrogens with one attached hydrogen (secondary N) is 1. The lowest BCUT2D eigenvalue weighted by atomic mass is 10.0. The van der Waals surface area contributed by atoms with Crippen LogP contribution in [0.15, 0.2) is 35.7 Å². The number of thiophene rings is 1. The smallest absolute Gasteiger partial charge is 0.0696 e. The molecule has 0 bridgehead atoms.